The van der Waals surface area contributed by atoms with Crippen LogP contribution in [-0.2, 0) is 16.6 Å². The first-order chi connectivity index (χ1) is 15.9. The molecule has 0 aliphatic heterocycles. The van der Waals surface area contributed by atoms with E-state index in [9.17, 15) is 13.2 Å². The number of benzene rings is 4. The lowest BCUT2D eigenvalue weighted by Crippen LogP contribution is -2.29. The third-order valence-corrected chi connectivity index (χ3v) is 6.38. The predicted molar refractivity (Wildman–Crippen MR) is 134 cm³/mol. The van der Waals surface area contributed by atoms with Crippen LogP contribution in [0.1, 0.15) is 15.9 Å². The van der Waals surface area contributed by atoms with Crippen LogP contribution in [0.2, 0.25) is 0 Å². The molecule has 0 aromatic heterocycles. The Kier molecular flexibility index (Phi) is 6.56. The molecule has 0 atom stereocenters. The summed E-state index contributed by atoms with van der Waals surface area (Å²) >= 11 is 0. The summed E-state index contributed by atoms with van der Waals surface area (Å²) in [5.41, 5.74) is 4.78. The van der Waals surface area contributed by atoms with Crippen molar-refractivity contribution in [1.29, 1.82) is 0 Å². The highest BCUT2D eigenvalue weighted by Crippen LogP contribution is 2.22. The molecule has 4 rings (SSSR count). The number of para-hydroxylation sites is 1. The largest absolute Gasteiger partial charge is 0.322 e. The lowest BCUT2D eigenvalue weighted by molar-refractivity contribution is 0.102. The number of hydrogen-bond donors (Lipinski definition) is 1. The van der Waals surface area contributed by atoms with Gasteiger partial charge in [0.15, 0.2) is 0 Å². The molecule has 4 aromatic carbocycles. The lowest BCUT2D eigenvalue weighted by Gasteiger charge is -2.22. The molecular weight excluding hydrogens is 432 g/mol. The minimum atomic E-state index is -3.45. The molecular formula is C27H24N2O3S. The number of amides is 1. The van der Waals surface area contributed by atoms with Crippen LogP contribution in [0.4, 0.5) is 11.4 Å². The number of carbonyl (C=O) groups excluding carboxylic acids is 1. The van der Waals surface area contributed by atoms with Gasteiger partial charge in [-0.3, -0.25) is 9.10 Å². The number of rotatable bonds is 7. The van der Waals surface area contributed by atoms with E-state index in [1.165, 1.54) is 10.6 Å². The second kappa shape index (κ2) is 9.71. The van der Waals surface area contributed by atoms with Gasteiger partial charge in [-0.1, -0.05) is 72.8 Å². The molecule has 5 nitrogen and oxygen atoms in total. The van der Waals surface area contributed by atoms with Crippen LogP contribution in [0.25, 0.3) is 11.1 Å². The normalized spacial score (nSPS) is 11.1. The molecule has 0 radical (unpaired) electrons. The average molecular weight is 457 g/mol. The topological polar surface area (TPSA) is 66.5 Å². The molecule has 0 saturated carbocycles. The Morgan fingerprint density at radius 3 is 1.85 bits per heavy atom. The minimum Gasteiger partial charge on any atom is -0.322 e. The van der Waals surface area contributed by atoms with E-state index in [-0.39, 0.29) is 12.5 Å². The van der Waals surface area contributed by atoms with E-state index in [4.69, 9.17) is 0 Å². The monoisotopic (exact) mass is 456 g/mol. The summed E-state index contributed by atoms with van der Waals surface area (Å²) in [6.07, 6.45) is 1.19. The quantitative estimate of drug-likeness (QED) is 0.395. The van der Waals surface area contributed by atoms with Gasteiger partial charge in [-0.15, -0.1) is 0 Å². The summed E-state index contributed by atoms with van der Waals surface area (Å²) in [5.74, 6) is -0.225. The van der Waals surface area contributed by atoms with Crippen LogP contribution >= 0.6 is 0 Å². The van der Waals surface area contributed by atoms with Crippen molar-refractivity contribution < 1.29 is 13.2 Å². The van der Waals surface area contributed by atoms with Gasteiger partial charge in [-0.25, -0.2) is 8.42 Å². The Morgan fingerprint density at radius 2 is 1.27 bits per heavy atom. The van der Waals surface area contributed by atoms with Gasteiger partial charge >= 0.3 is 0 Å². The van der Waals surface area contributed by atoms with E-state index in [0.29, 0.717) is 16.9 Å². The first kappa shape index (κ1) is 22.3. The molecule has 0 saturated heterocycles. The summed E-state index contributed by atoms with van der Waals surface area (Å²) in [6.45, 7) is 0.186. The van der Waals surface area contributed by atoms with E-state index in [2.05, 4.69) is 5.32 Å². The smallest absolute Gasteiger partial charge is 0.255 e. The standard InChI is InChI=1S/C27H24N2O3S/c1-33(31,32)29(26-10-6-3-7-11-26)20-21-12-14-24(15-13-21)27(30)28-25-18-16-23(17-19-25)22-8-4-2-5-9-22/h2-19H,20H2,1H3,(H,28,30). The molecule has 4 aromatic rings. The van der Waals surface area contributed by atoms with E-state index < -0.39 is 10.0 Å². The number of carbonyl (C=O) groups is 1. The summed E-state index contributed by atoms with van der Waals surface area (Å²) in [5, 5.41) is 2.90. The van der Waals surface area contributed by atoms with E-state index in [1.54, 1.807) is 48.5 Å². The van der Waals surface area contributed by atoms with Crippen molar-refractivity contribution in [2.24, 2.45) is 0 Å². The predicted octanol–water partition coefficient (Wildman–Crippen LogP) is 5.57. The number of sulfonamides is 1. The maximum Gasteiger partial charge on any atom is 0.255 e. The van der Waals surface area contributed by atoms with Crippen molar-refractivity contribution in [1.82, 2.24) is 0 Å². The molecule has 33 heavy (non-hydrogen) atoms. The fourth-order valence-corrected chi connectivity index (χ4v) is 4.39. The SMILES string of the molecule is CS(=O)(=O)N(Cc1ccc(C(=O)Nc2ccc(-c3ccccc3)cc2)cc1)c1ccccc1. The van der Waals surface area contributed by atoms with Crippen LogP contribution in [-0.4, -0.2) is 20.6 Å². The minimum absolute atomic E-state index is 0.186. The van der Waals surface area contributed by atoms with Crippen LogP contribution < -0.4 is 9.62 Å². The molecule has 1 N–H and O–H groups in total. The summed E-state index contributed by atoms with van der Waals surface area (Å²) in [4.78, 5) is 12.7. The molecule has 0 bridgehead atoms. The molecule has 166 valence electrons. The molecule has 0 heterocycles. The van der Waals surface area contributed by atoms with Crippen molar-refractivity contribution in [2.75, 3.05) is 15.9 Å². The third-order valence-electron chi connectivity index (χ3n) is 5.24. The lowest BCUT2D eigenvalue weighted by atomic mass is 10.1. The highest BCUT2D eigenvalue weighted by molar-refractivity contribution is 7.92. The highest BCUT2D eigenvalue weighted by Gasteiger charge is 2.18. The van der Waals surface area contributed by atoms with Gasteiger partial charge in [-0.2, -0.15) is 0 Å². The number of nitrogens with one attached hydrogen (secondary N) is 1. The van der Waals surface area contributed by atoms with Gasteiger partial charge in [0.2, 0.25) is 10.0 Å². The van der Waals surface area contributed by atoms with Crippen molar-refractivity contribution in [3.05, 3.63) is 120 Å². The zero-order valence-electron chi connectivity index (χ0n) is 18.2. The second-order valence-corrected chi connectivity index (χ2v) is 9.61. The fourth-order valence-electron chi connectivity index (χ4n) is 3.50. The Balaban J connectivity index is 1.44. The maximum absolute atomic E-state index is 12.7. The van der Waals surface area contributed by atoms with Crippen molar-refractivity contribution in [3.8, 4) is 11.1 Å². The first-order valence-electron chi connectivity index (χ1n) is 10.5. The number of nitrogens with zero attached hydrogens (tertiary/aromatic N) is 1. The summed E-state index contributed by atoms with van der Waals surface area (Å²) in [7, 11) is -3.45. The number of hydrogen-bond acceptors (Lipinski definition) is 3. The van der Waals surface area contributed by atoms with Crippen LogP contribution in [0.3, 0.4) is 0 Å². The third kappa shape index (κ3) is 5.67. The average Bonchev–Trinajstić information content (AvgIpc) is 2.84. The highest BCUT2D eigenvalue weighted by atomic mass is 32.2. The Hall–Kier alpha value is -3.90. The Morgan fingerprint density at radius 1 is 0.727 bits per heavy atom. The molecule has 0 aliphatic carbocycles. The Bertz CT molecular complexity index is 1320. The zero-order valence-corrected chi connectivity index (χ0v) is 19.0. The Labute approximate surface area is 194 Å². The molecule has 0 aliphatic rings. The van der Waals surface area contributed by atoms with Gasteiger partial charge in [0, 0.05) is 11.3 Å². The number of anilines is 2. The maximum atomic E-state index is 12.7. The first-order valence-corrected chi connectivity index (χ1v) is 12.3. The van der Waals surface area contributed by atoms with E-state index >= 15 is 0 Å². The fraction of sp³-hybridized carbons (Fsp3) is 0.0741. The molecule has 6 heteroatoms. The summed E-state index contributed by atoms with van der Waals surface area (Å²) in [6, 6.07) is 33.6. The zero-order chi connectivity index (χ0) is 23.3. The van der Waals surface area contributed by atoms with Gasteiger partial charge < -0.3 is 5.32 Å². The van der Waals surface area contributed by atoms with Crippen molar-refractivity contribution in [2.45, 2.75) is 6.54 Å². The van der Waals surface area contributed by atoms with Gasteiger partial charge in [0.1, 0.15) is 0 Å². The van der Waals surface area contributed by atoms with Crippen LogP contribution in [0, 0.1) is 0 Å². The van der Waals surface area contributed by atoms with Crippen LogP contribution in [0.5, 0.6) is 0 Å². The van der Waals surface area contributed by atoms with E-state index in [0.717, 1.165) is 16.7 Å². The van der Waals surface area contributed by atoms with Gasteiger partial charge in [0.05, 0.1) is 18.5 Å². The molecule has 1 amide bonds. The second-order valence-electron chi connectivity index (χ2n) is 7.70. The summed E-state index contributed by atoms with van der Waals surface area (Å²) < 4.78 is 25.9. The molecule has 0 spiro atoms. The molecule has 0 unspecified atom stereocenters. The van der Waals surface area contributed by atoms with Gasteiger partial charge in [0.25, 0.3) is 5.91 Å². The molecule has 0 fully saturated rings. The van der Waals surface area contributed by atoms with E-state index in [1.807, 2.05) is 60.7 Å². The van der Waals surface area contributed by atoms with Gasteiger partial charge in [-0.05, 0) is 53.1 Å². The van der Waals surface area contributed by atoms with Crippen molar-refractivity contribution >= 4 is 27.3 Å². The van der Waals surface area contributed by atoms with Crippen LogP contribution in [0.15, 0.2) is 109 Å². The van der Waals surface area contributed by atoms with Crippen molar-refractivity contribution in [3.63, 3.8) is 0 Å².